The standard InChI is InChI=1S/C23H19F3N6O2/c24-19-6-13(22-28-29-23(34-22)21(25)26)4-5-15(19)8-32-10-20(27-30-32)17-3-1-2-14-7-31(9-18(14)17)16-11-33-12-16/h1-6,10,16,21H,7-9,11-12H2. The maximum atomic E-state index is 14.7. The van der Waals surface area contributed by atoms with Gasteiger partial charge in [-0.15, -0.1) is 15.3 Å². The van der Waals surface area contributed by atoms with E-state index < -0.39 is 18.1 Å². The van der Waals surface area contributed by atoms with Crippen molar-refractivity contribution in [3.63, 3.8) is 0 Å². The Kier molecular flexibility index (Phi) is 5.15. The Bertz CT molecular complexity index is 1350. The van der Waals surface area contributed by atoms with Gasteiger partial charge >= 0.3 is 6.43 Å². The third kappa shape index (κ3) is 3.76. The number of fused-ring (bicyclic) bond motifs is 1. The van der Waals surface area contributed by atoms with Gasteiger partial charge in [-0.1, -0.05) is 29.5 Å². The number of nitrogens with zero attached hydrogens (tertiary/aromatic N) is 6. The van der Waals surface area contributed by atoms with Gasteiger partial charge in [0.1, 0.15) is 11.5 Å². The van der Waals surface area contributed by atoms with Crippen LogP contribution in [0.25, 0.3) is 22.7 Å². The highest BCUT2D eigenvalue weighted by atomic mass is 19.3. The largest absolute Gasteiger partial charge is 0.415 e. The van der Waals surface area contributed by atoms with E-state index in [1.807, 2.05) is 12.1 Å². The molecule has 2 aliphatic heterocycles. The fraction of sp³-hybridized carbons (Fsp3) is 0.304. The second-order valence-electron chi connectivity index (χ2n) is 8.39. The predicted molar refractivity (Wildman–Crippen MR) is 113 cm³/mol. The maximum absolute atomic E-state index is 14.7. The number of rotatable bonds is 6. The third-order valence-corrected chi connectivity index (χ3v) is 6.22. The molecule has 8 nitrogen and oxygen atoms in total. The molecule has 0 unspecified atom stereocenters. The average Bonchev–Trinajstić information content (AvgIpc) is 3.53. The van der Waals surface area contributed by atoms with Gasteiger partial charge < -0.3 is 9.15 Å². The van der Waals surface area contributed by atoms with Crippen molar-refractivity contribution in [1.29, 1.82) is 0 Å². The maximum Gasteiger partial charge on any atom is 0.314 e. The highest BCUT2D eigenvalue weighted by Crippen LogP contribution is 2.34. The molecule has 1 fully saturated rings. The molecule has 11 heteroatoms. The first-order valence-corrected chi connectivity index (χ1v) is 10.8. The van der Waals surface area contributed by atoms with E-state index in [2.05, 4.69) is 31.5 Å². The highest BCUT2D eigenvalue weighted by molar-refractivity contribution is 5.65. The zero-order valence-electron chi connectivity index (χ0n) is 17.9. The minimum absolute atomic E-state index is 0.159. The van der Waals surface area contributed by atoms with Crippen LogP contribution < -0.4 is 0 Å². The lowest BCUT2D eigenvalue weighted by Crippen LogP contribution is -2.46. The second kappa shape index (κ2) is 8.33. The van der Waals surface area contributed by atoms with Gasteiger partial charge in [-0.05, 0) is 23.3 Å². The van der Waals surface area contributed by atoms with E-state index in [4.69, 9.17) is 9.15 Å². The predicted octanol–water partition coefficient (Wildman–Crippen LogP) is 3.83. The molecule has 1 saturated heterocycles. The van der Waals surface area contributed by atoms with E-state index >= 15 is 0 Å². The molecule has 4 heterocycles. The first-order chi connectivity index (χ1) is 16.5. The summed E-state index contributed by atoms with van der Waals surface area (Å²) in [4.78, 5) is 2.41. The van der Waals surface area contributed by atoms with E-state index in [0.717, 1.165) is 37.6 Å². The van der Waals surface area contributed by atoms with Gasteiger partial charge in [0.25, 0.3) is 5.89 Å². The summed E-state index contributed by atoms with van der Waals surface area (Å²) in [6.45, 7) is 3.42. The van der Waals surface area contributed by atoms with Crippen LogP contribution >= 0.6 is 0 Å². The number of aromatic nitrogens is 5. The quantitative estimate of drug-likeness (QED) is 0.425. The number of ether oxygens (including phenoxy) is 1. The minimum atomic E-state index is -2.88. The van der Waals surface area contributed by atoms with Crippen LogP contribution in [0, 0.1) is 5.82 Å². The molecule has 0 aliphatic carbocycles. The monoisotopic (exact) mass is 468 g/mol. The number of benzene rings is 2. The van der Waals surface area contributed by atoms with Crippen molar-refractivity contribution >= 4 is 0 Å². The SMILES string of the molecule is Fc1cc(-c2nnc(C(F)F)o2)ccc1Cn1cc(-c2cccc3c2CN(C2COC2)C3)nn1. The van der Waals surface area contributed by atoms with Crippen LogP contribution in [-0.4, -0.2) is 49.3 Å². The Morgan fingerprint density at radius 3 is 2.68 bits per heavy atom. The van der Waals surface area contributed by atoms with Crippen LogP contribution in [-0.2, 0) is 24.4 Å². The fourth-order valence-electron chi connectivity index (χ4n) is 4.30. The smallest absolute Gasteiger partial charge is 0.314 e. The van der Waals surface area contributed by atoms with Gasteiger partial charge in [0.15, 0.2) is 0 Å². The molecule has 0 N–H and O–H groups in total. The zero-order chi connectivity index (χ0) is 23.2. The summed E-state index contributed by atoms with van der Waals surface area (Å²) in [6.07, 6.45) is -1.08. The molecule has 6 rings (SSSR count). The molecule has 2 aromatic carbocycles. The van der Waals surface area contributed by atoms with Crippen molar-refractivity contribution in [1.82, 2.24) is 30.1 Å². The Morgan fingerprint density at radius 1 is 1.06 bits per heavy atom. The summed E-state index contributed by atoms with van der Waals surface area (Å²) < 4.78 is 51.9. The number of hydrogen-bond acceptors (Lipinski definition) is 7. The van der Waals surface area contributed by atoms with Crippen LogP contribution in [0.3, 0.4) is 0 Å². The first kappa shape index (κ1) is 21.0. The van der Waals surface area contributed by atoms with E-state index in [1.165, 1.54) is 23.3 Å². The summed E-state index contributed by atoms with van der Waals surface area (Å²) in [5.74, 6) is -1.50. The Morgan fingerprint density at radius 2 is 1.94 bits per heavy atom. The molecule has 0 radical (unpaired) electrons. The lowest BCUT2D eigenvalue weighted by molar-refractivity contribution is -0.0669. The van der Waals surface area contributed by atoms with Gasteiger partial charge in [-0.3, -0.25) is 4.90 Å². The highest BCUT2D eigenvalue weighted by Gasteiger charge is 2.32. The van der Waals surface area contributed by atoms with Gasteiger partial charge in [0, 0.05) is 29.8 Å². The van der Waals surface area contributed by atoms with Crippen molar-refractivity contribution in [2.24, 2.45) is 0 Å². The van der Waals surface area contributed by atoms with Crippen LogP contribution in [0.15, 0.2) is 47.0 Å². The Labute approximate surface area is 192 Å². The zero-order valence-corrected chi connectivity index (χ0v) is 17.9. The summed E-state index contributed by atoms with van der Waals surface area (Å²) in [5, 5.41) is 15.3. The summed E-state index contributed by atoms with van der Waals surface area (Å²) in [5.41, 5.74) is 4.85. The van der Waals surface area contributed by atoms with Gasteiger partial charge in [-0.25, -0.2) is 9.07 Å². The van der Waals surface area contributed by atoms with Gasteiger partial charge in [-0.2, -0.15) is 8.78 Å². The molecular formula is C23H19F3N6O2. The molecule has 0 spiro atoms. The van der Waals surface area contributed by atoms with E-state index in [-0.39, 0.29) is 18.0 Å². The van der Waals surface area contributed by atoms with Crippen molar-refractivity contribution in [3.8, 4) is 22.7 Å². The van der Waals surface area contributed by atoms with Crippen LogP contribution in [0.2, 0.25) is 0 Å². The molecule has 174 valence electrons. The van der Waals surface area contributed by atoms with E-state index in [0.29, 0.717) is 11.6 Å². The molecule has 0 amide bonds. The molecule has 2 aliphatic rings. The second-order valence-corrected chi connectivity index (χ2v) is 8.39. The topological polar surface area (TPSA) is 82.1 Å². The van der Waals surface area contributed by atoms with Crippen molar-refractivity contribution in [3.05, 3.63) is 71.0 Å². The summed E-state index contributed by atoms with van der Waals surface area (Å²) in [6, 6.07) is 10.9. The third-order valence-electron chi connectivity index (χ3n) is 6.22. The minimum Gasteiger partial charge on any atom is -0.415 e. The van der Waals surface area contributed by atoms with Crippen LogP contribution in [0.1, 0.15) is 29.0 Å². The van der Waals surface area contributed by atoms with Crippen molar-refractivity contribution < 1.29 is 22.3 Å². The van der Waals surface area contributed by atoms with Crippen LogP contribution in [0.5, 0.6) is 0 Å². The first-order valence-electron chi connectivity index (χ1n) is 10.8. The van der Waals surface area contributed by atoms with Crippen LogP contribution in [0.4, 0.5) is 13.2 Å². The molecule has 2 aromatic heterocycles. The lowest BCUT2D eigenvalue weighted by atomic mass is 10.0. The lowest BCUT2D eigenvalue weighted by Gasteiger charge is -2.34. The van der Waals surface area contributed by atoms with Crippen molar-refractivity contribution in [2.75, 3.05) is 13.2 Å². The number of alkyl halides is 2. The normalized spacial score (nSPS) is 16.2. The average molecular weight is 468 g/mol. The number of hydrogen-bond donors (Lipinski definition) is 0. The Balaban J connectivity index is 1.20. The Hall–Kier alpha value is -3.57. The molecule has 34 heavy (non-hydrogen) atoms. The molecule has 0 bridgehead atoms. The summed E-state index contributed by atoms with van der Waals surface area (Å²) in [7, 11) is 0. The molecule has 4 aromatic rings. The molecule has 0 saturated carbocycles. The van der Waals surface area contributed by atoms with E-state index in [1.54, 1.807) is 16.9 Å². The van der Waals surface area contributed by atoms with E-state index in [9.17, 15) is 13.2 Å². The summed E-state index contributed by atoms with van der Waals surface area (Å²) >= 11 is 0. The molecule has 0 atom stereocenters. The fourth-order valence-corrected chi connectivity index (χ4v) is 4.30. The van der Waals surface area contributed by atoms with Crippen molar-refractivity contribution in [2.45, 2.75) is 32.1 Å². The molecular weight excluding hydrogens is 449 g/mol. The van der Waals surface area contributed by atoms with Gasteiger partial charge in [0.2, 0.25) is 5.89 Å². The number of halogens is 3. The van der Waals surface area contributed by atoms with Gasteiger partial charge in [0.05, 0.1) is 32.0 Å².